The van der Waals surface area contributed by atoms with Crippen LogP contribution in [0.1, 0.15) is 5.56 Å². The van der Waals surface area contributed by atoms with Gasteiger partial charge in [-0.15, -0.1) is 0 Å². The highest BCUT2D eigenvalue weighted by molar-refractivity contribution is 6.35. The quantitative estimate of drug-likeness (QED) is 0.809. The molecule has 0 unspecified atom stereocenters. The lowest BCUT2D eigenvalue weighted by atomic mass is 10.2. The molecule has 0 saturated heterocycles. The molecule has 0 aliphatic rings. The number of nitrogens with two attached hydrogens (primary N) is 1. The van der Waals surface area contributed by atoms with Crippen molar-refractivity contribution in [2.24, 2.45) is 0 Å². The standard InChI is InChI=1S/C13H9Cl2N3/c14-9-5-4-8(7-16)6-12(9)18-13-10(15)2-1-3-11(13)17/h1-6,18H,17H2. The Morgan fingerprint density at radius 3 is 2.56 bits per heavy atom. The second-order valence-corrected chi connectivity index (χ2v) is 4.45. The minimum absolute atomic E-state index is 0.494. The summed E-state index contributed by atoms with van der Waals surface area (Å²) in [4.78, 5) is 0. The molecule has 0 spiro atoms. The maximum absolute atomic E-state index is 8.86. The zero-order chi connectivity index (χ0) is 13.1. The smallest absolute Gasteiger partial charge is 0.0992 e. The van der Waals surface area contributed by atoms with E-state index in [4.69, 9.17) is 34.2 Å². The van der Waals surface area contributed by atoms with E-state index in [1.165, 1.54) is 0 Å². The van der Waals surface area contributed by atoms with Crippen LogP contribution in [-0.2, 0) is 0 Å². The summed E-state index contributed by atoms with van der Waals surface area (Å²) in [6.07, 6.45) is 0. The number of nitrogens with one attached hydrogen (secondary N) is 1. The second kappa shape index (κ2) is 5.18. The molecule has 0 heterocycles. The van der Waals surface area contributed by atoms with Crippen LogP contribution in [0.25, 0.3) is 0 Å². The number of para-hydroxylation sites is 1. The molecule has 2 aromatic rings. The van der Waals surface area contributed by atoms with E-state index < -0.39 is 0 Å². The van der Waals surface area contributed by atoms with Crippen molar-refractivity contribution in [3.8, 4) is 6.07 Å². The van der Waals surface area contributed by atoms with Crippen LogP contribution in [0.3, 0.4) is 0 Å². The van der Waals surface area contributed by atoms with Gasteiger partial charge in [-0.2, -0.15) is 5.26 Å². The predicted octanol–water partition coefficient (Wildman–Crippen LogP) is 4.19. The summed E-state index contributed by atoms with van der Waals surface area (Å²) in [5.41, 5.74) is 8.03. The molecule has 2 rings (SSSR count). The third kappa shape index (κ3) is 2.51. The van der Waals surface area contributed by atoms with Crippen LogP contribution in [0.15, 0.2) is 36.4 Å². The van der Waals surface area contributed by atoms with Crippen LogP contribution in [0.4, 0.5) is 17.1 Å². The molecule has 18 heavy (non-hydrogen) atoms. The van der Waals surface area contributed by atoms with Crippen molar-refractivity contribution in [3.63, 3.8) is 0 Å². The lowest BCUT2D eigenvalue weighted by Gasteiger charge is -2.12. The summed E-state index contributed by atoms with van der Waals surface area (Å²) in [7, 11) is 0. The third-order valence-electron chi connectivity index (χ3n) is 2.40. The maximum Gasteiger partial charge on any atom is 0.0992 e. The zero-order valence-corrected chi connectivity index (χ0v) is 10.8. The lowest BCUT2D eigenvalue weighted by molar-refractivity contribution is 1.47. The Bertz CT molecular complexity index is 612. The fourth-order valence-corrected chi connectivity index (χ4v) is 1.89. The van der Waals surface area contributed by atoms with Gasteiger partial charge in [0, 0.05) is 0 Å². The number of hydrogen-bond acceptors (Lipinski definition) is 3. The zero-order valence-electron chi connectivity index (χ0n) is 9.24. The molecule has 0 bridgehead atoms. The molecule has 0 aliphatic carbocycles. The molecular formula is C13H9Cl2N3. The Labute approximate surface area is 115 Å². The first-order valence-electron chi connectivity index (χ1n) is 5.12. The summed E-state index contributed by atoms with van der Waals surface area (Å²) in [6, 6.07) is 12.2. The first-order valence-corrected chi connectivity index (χ1v) is 5.88. The van der Waals surface area contributed by atoms with Crippen LogP contribution in [0.5, 0.6) is 0 Å². The molecule has 90 valence electrons. The number of rotatable bonds is 2. The molecule has 0 saturated carbocycles. The number of benzene rings is 2. The number of nitrogens with zero attached hydrogens (tertiary/aromatic N) is 1. The van der Waals surface area contributed by atoms with Crippen molar-refractivity contribution in [2.45, 2.75) is 0 Å². The molecule has 0 atom stereocenters. The highest BCUT2D eigenvalue weighted by atomic mass is 35.5. The summed E-state index contributed by atoms with van der Waals surface area (Å²) in [5.74, 6) is 0. The van der Waals surface area contributed by atoms with Crippen LogP contribution in [-0.4, -0.2) is 0 Å². The minimum atomic E-state index is 0.494. The fraction of sp³-hybridized carbons (Fsp3) is 0. The first kappa shape index (κ1) is 12.6. The van der Waals surface area contributed by atoms with E-state index in [9.17, 15) is 0 Å². The Hall–Kier alpha value is -1.89. The van der Waals surface area contributed by atoms with E-state index in [2.05, 4.69) is 5.32 Å². The van der Waals surface area contributed by atoms with E-state index in [-0.39, 0.29) is 0 Å². The van der Waals surface area contributed by atoms with Gasteiger partial charge in [0.25, 0.3) is 0 Å². The molecule has 0 aromatic heterocycles. The SMILES string of the molecule is N#Cc1ccc(Cl)c(Nc2c(N)cccc2Cl)c1. The largest absolute Gasteiger partial charge is 0.397 e. The monoisotopic (exact) mass is 277 g/mol. The molecule has 0 amide bonds. The van der Waals surface area contributed by atoms with Gasteiger partial charge in [0.15, 0.2) is 0 Å². The Kier molecular flexibility index (Phi) is 3.61. The maximum atomic E-state index is 8.86. The molecule has 0 aliphatic heterocycles. The van der Waals surface area contributed by atoms with Crippen molar-refractivity contribution < 1.29 is 0 Å². The average molecular weight is 278 g/mol. The first-order chi connectivity index (χ1) is 8.61. The van der Waals surface area contributed by atoms with Crippen LogP contribution in [0, 0.1) is 11.3 Å². The van der Waals surface area contributed by atoms with Gasteiger partial charge < -0.3 is 11.1 Å². The van der Waals surface area contributed by atoms with Gasteiger partial charge in [-0.05, 0) is 30.3 Å². The number of anilines is 3. The van der Waals surface area contributed by atoms with Gasteiger partial charge in [0.2, 0.25) is 0 Å². The van der Waals surface area contributed by atoms with E-state index in [1.54, 1.807) is 36.4 Å². The van der Waals surface area contributed by atoms with Crippen molar-refractivity contribution >= 4 is 40.3 Å². The average Bonchev–Trinajstić information content (AvgIpc) is 2.36. The van der Waals surface area contributed by atoms with Gasteiger partial charge >= 0.3 is 0 Å². The predicted molar refractivity (Wildman–Crippen MR) is 75.3 cm³/mol. The van der Waals surface area contributed by atoms with Gasteiger partial charge in [-0.1, -0.05) is 29.3 Å². The van der Waals surface area contributed by atoms with E-state index in [0.717, 1.165) is 0 Å². The molecule has 5 heteroatoms. The van der Waals surface area contributed by atoms with Crippen LogP contribution < -0.4 is 11.1 Å². The van der Waals surface area contributed by atoms with Crippen molar-refractivity contribution in [2.75, 3.05) is 11.1 Å². The fourth-order valence-electron chi connectivity index (χ4n) is 1.50. The number of halogens is 2. The number of hydrogen-bond donors (Lipinski definition) is 2. The summed E-state index contributed by atoms with van der Waals surface area (Å²) < 4.78 is 0. The summed E-state index contributed by atoms with van der Waals surface area (Å²) in [6.45, 7) is 0. The van der Waals surface area contributed by atoms with Crippen molar-refractivity contribution in [3.05, 3.63) is 52.0 Å². The van der Waals surface area contributed by atoms with Crippen LogP contribution >= 0.6 is 23.2 Å². The van der Waals surface area contributed by atoms with Gasteiger partial charge in [-0.3, -0.25) is 0 Å². The third-order valence-corrected chi connectivity index (χ3v) is 3.05. The summed E-state index contributed by atoms with van der Waals surface area (Å²) >= 11 is 12.1. The lowest BCUT2D eigenvalue weighted by Crippen LogP contribution is -1.98. The van der Waals surface area contributed by atoms with Crippen LogP contribution in [0.2, 0.25) is 10.0 Å². The van der Waals surface area contributed by atoms with Crippen molar-refractivity contribution in [1.82, 2.24) is 0 Å². The van der Waals surface area contributed by atoms with Gasteiger partial charge in [0.1, 0.15) is 0 Å². The van der Waals surface area contributed by atoms with Gasteiger partial charge in [-0.25, -0.2) is 0 Å². The van der Waals surface area contributed by atoms with E-state index in [1.807, 2.05) is 6.07 Å². The Morgan fingerprint density at radius 1 is 1.11 bits per heavy atom. The minimum Gasteiger partial charge on any atom is -0.397 e. The normalized spacial score (nSPS) is 9.83. The topological polar surface area (TPSA) is 61.8 Å². The molecule has 0 fully saturated rings. The molecule has 3 N–H and O–H groups in total. The second-order valence-electron chi connectivity index (χ2n) is 3.64. The van der Waals surface area contributed by atoms with E-state index >= 15 is 0 Å². The van der Waals surface area contributed by atoms with E-state index in [0.29, 0.717) is 32.7 Å². The summed E-state index contributed by atoms with van der Waals surface area (Å²) in [5, 5.41) is 12.9. The highest BCUT2D eigenvalue weighted by Crippen LogP contribution is 2.33. The molecule has 0 radical (unpaired) electrons. The number of nitrogen functional groups attached to an aromatic ring is 1. The molecule has 3 nitrogen and oxygen atoms in total. The Morgan fingerprint density at radius 2 is 1.89 bits per heavy atom. The Balaban J connectivity index is 2.43. The molecular weight excluding hydrogens is 269 g/mol. The highest BCUT2D eigenvalue weighted by Gasteiger charge is 2.08. The van der Waals surface area contributed by atoms with Gasteiger partial charge in [0.05, 0.1) is 38.7 Å². The molecule has 2 aromatic carbocycles. The van der Waals surface area contributed by atoms with Crippen molar-refractivity contribution in [1.29, 1.82) is 5.26 Å². The number of nitriles is 1.